The van der Waals surface area contributed by atoms with Crippen LogP contribution in [-0.2, 0) is 15.9 Å². The Labute approximate surface area is 140 Å². The first-order chi connectivity index (χ1) is 11.8. The minimum absolute atomic E-state index is 0.0350. The lowest BCUT2D eigenvalue weighted by Crippen LogP contribution is -2.42. The Morgan fingerprint density at radius 2 is 2.29 bits per heavy atom. The third-order valence-corrected chi connectivity index (χ3v) is 4.18. The zero-order valence-electron chi connectivity index (χ0n) is 13.6. The van der Waals surface area contributed by atoms with E-state index >= 15 is 0 Å². The highest BCUT2D eigenvalue weighted by molar-refractivity contribution is 5.91. The van der Waals surface area contributed by atoms with E-state index in [-0.39, 0.29) is 23.8 Å². The minimum atomic E-state index is -0.153. The van der Waals surface area contributed by atoms with Crippen molar-refractivity contribution in [1.82, 2.24) is 15.0 Å². The maximum absolute atomic E-state index is 12.7. The summed E-state index contributed by atoms with van der Waals surface area (Å²) >= 11 is 0. The number of carbonyl (C=O) groups excluding carboxylic acids is 1. The fourth-order valence-electron chi connectivity index (χ4n) is 3.02. The topological polar surface area (TPSA) is 77.7 Å². The molecule has 128 valence electrons. The quantitative estimate of drug-likeness (QED) is 0.717. The molecule has 1 saturated heterocycles. The van der Waals surface area contributed by atoms with Gasteiger partial charge in [0.25, 0.3) is 5.91 Å². The number of nitrogens with zero attached hydrogens (tertiary/aromatic N) is 3. The Kier molecular flexibility index (Phi) is 5.55. The van der Waals surface area contributed by atoms with Crippen LogP contribution in [0.3, 0.4) is 0 Å². The summed E-state index contributed by atoms with van der Waals surface area (Å²) in [5.74, 6) is 0.1000. The SMILES string of the molecule is COCCO[C@@H]1CCN(C(=O)c2ccno2)[C@@H]1Cc1cccnc1. The maximum Gasteiger partial charge on any atom is 0.292 e. The first kappa shape index (κ1) is 16.6. The summed E-state index contributed by atoms with van der Waals surface area (Å²) in [6.45, 7) is 1.67. The second-order valence-electron chi connectivity index (χ2n) is 5.70. The Morgan fingerprint density at radius 3 is 3.00 bits per heavy atom. The number of likely N-dealkylation sites (tertiary alicyclic amines) is 1. The highest BCUT2D eigenvalue weighted by Crippen LogP contribution is 2.26. The lowest BCUT2D eigenvalue weighted by atomic mass is 10.0. The van der Waals surface area contributed by atoms with Gasteiger partial charge in [0, 0.05) is 32.1 Å². The number of pyridine rings is 1. The van der Waals surface area contributed by atoms with Crippen LogP contribution in [0.1, 0.15) is 22.5 Å². The summed E-state index contributed by atoms with van der Waals surface area (Å²) in [5.41, 5.74) is 1.07. The van der Waals surface area contributed by atoms with Crippen molar-refractivity contribution in [3.8, 4) is 0 Å². The molecular weight excluding hydrogens is 310 g/mol. The summed E-state index contributed by atoms with van der Waals surface area (Å²) in [4.78, 5) is 18.6. The van der Waals surface area contributed by atoms with Crippen LogP contribution in [-0.4, -0.2) is 60.0 Å². The molecule has 2 aromatic rings. The molecule has 1 aliphatic rings. The van der Waals surface area contributed by atoms with Gasteiger partial charge in [0.1, 0.15) is 0 Å². The summed E-state index contributed by atoms with van der Waals surface area (Å²) in [6.07, 6.45) is 6.47. The largest absolute Gasteiger partial charge is 0.382 e. The molecule has 0 spiro atoms. The lowest BCUT2D eigenvalue weighted by Gasteiger charge is -2.27. The molecule has 3 heterocycles. The molecule has 0 aromatic carbocycles. The van der Waals surface area contributed by atoms with Crippen LogP contribution in [0, 0.1) is 0 Å². The van der Waals surface area contributed by atoms with Crippen LogP contribution in [0.15, 0.2) is 41.3 Å². The second kappa shape index (κ2) is 8.03. The predicted molar refractivity (Wildman–Crippen MR) is 85.5 cm³/mol. The van der Waals surface area contributed by atoms with Gasteiger partial charge in [-0.15, -0.1) is 0 Å². The summed E-state index contributed by atoms with van der Waals surface area (Å²) in [5, 5.41) is 3.62. The summed E-state index contributed by atoms with van der Waals surface area (Å²) < 4.78 is 16.0. The van der Waals surface area contributed by atoms with E-state index in [0.717, 1.165) is 12.0 Å². The highest BCUT2D eigenvalue weighted by Gasteiger charge is 2.39. The van der Waals surface area contributed by atoms with Gasteiger partial charge in [-0.25, -0.2) is 0 Å². The molecule has 24 heavy (non-hydrogen) atoms. The molecule has 0 unspecified atom stereocenters. The minimum Gasteiger partial charge on any atom is -0.382 e. The average molecular weight is 331 g/mol. The summed E-state index contributed by atoms with van der Waals surface area (Å²) in [7, 11) is 1.64. The van der Waals surface area contributed by atoms with E-state index in [2.05, 4.69) is 10.1 Å². The lowest BCUT2D eigenvalue weighted by molar-refractivity contribution is -0.0000133. The number of methoxy groups -OCH3 is 1. The van der Waals surface area contributed by atoms with E-state index in [4.69, 9.17) is 14.0 Å². The molecule has 0 N–H and O–H groups in total. The van der Waals surface area contributed by atoms with E-state index in [9.17, 15) is 4.79 Å². The molecule has 1 amide bonds. The zero-order chi connectivity index (χ0) is 16.8. The van der Waals surface area contributed by atoms with E-state index in [1.165, 1.54) is 6.20 Å². The van der Waals surface area contributed by atoms with Crippen molar-refractivity contribution in [2.24, 2.45) is 0 Å². The summed E-state index contributed by atoms with van der Waals surface area (Å²) in [6, 6.07) is 5.42. The number of ether oxygens (including phenoxy) is 2. The molecule has 7 heteroatoms. The zero-order valence-corrected chi connectivity index (χ0v) is 13.6. The fourth-order valence-corrected chi connectivity index (χ4v) is 3.02. The predicted octanol–water partition coefficient (Wildman–Crippen LogP) is 1.56. The van der Waals surface area contributed by atoms with Crippen LogP contribution < -0.4 is 0 Å². The standard InChI is InChI=1S/C17H21N3O4/c1-22-9-10-23-15-5-8-20(17(21)16-4-7-19-24-16)14(15)11-13-3-2-6-18-12-13/h2-4,6-7,12,14-15H,5,8-11H2,1H3/t14-,15-/m1/s1. The maximum atomic E-state index is 12.7. The van der Waals surface area contributed by atoms with Gasteiger partial charge in [-0.2, -0.15) is 0 Å². The molecule has 3 rings (SSSR count). The number of hydrogen-bond donors (Lipinski definition) is 0. The van der Waals surface area contributed by atoms with E-state index in [1.807, 2.05) is 23.2 Å². The fraction of sp³-hybridized carbons (Fsp3) is 0.471. The van der Waals surface area contributed by atoms with Gasteiger partial charge in [-0.1, -0.05) is 11.2 Å². The molecule has 1 fully saturated rings. The second-order valence-corrected chi connectivity index (χ2v) is 5.70. The van der Waals surface area contributed by atoms with Crippen molar-refractivity contribution in [1.29, 1.82) is 0 Å². The monoisotopic (exact) mass is 331 g/mol. The number of amides is 1. The molecule has 2 aromatic heterocycles. The molecule has 7 nitrogen and oxygen atoms in total. The molecule has 0 bridgehead atoms. The van der Waals surface area contributed by atoms with Crippen molar-refractivity contribution in [3.63, 3.8) is 0 Å². The van der Waals surface area contributed by atoms with E-state index in [1.54, 1.807) is 19.4 Å². The molecule has 0 saturated carbocycles. The molecule has 1 aliphatic heterocycles. The Hall–Kier alpha value is -2.25. The van der Waals surface area contributed by atoms with Crippen molar-refractivity contribution in [2.75, 3.05) is 26.9 Å². The number of hydrogen-bond acceptors (Lipinski definition) is 6. The van der Waals surface area contributed by atoms with Crippen LogP contribution in [0.25, 0.3) is 0 Å². The van der Waals surface area contributed by atoms with Gasteiger partial charge < -0.3 is 18.9 Å². The van der Waals surface area contributed by atoms with Gasteiger partial charge in [0.05, 0.1) is 31.6 Å². The number of aromatic nitrogens is 2. The smallest absolute Gasteiger partial charge is 0.292 e. The normalized spacial score (nSPS) is 20.5. The van der Waals surface area contributed by atoms with Gasteiger partial charge in [0.15, 0.2) is 0 Å². The van der Waals surface area contributed by atoms with Crippen molar-refractivity contribution >= 4 is 5.91 Å². The third-order valence-electron chi connectivity index (χ3n) is 4.18. The molecule has 0 radical (unpaired) electrons. The van der Waals surface area contributed by atoms with Crippen LogP contribution in [0.4, 0.5) is 0 Å². The Balaban J connectivity index is 1.75. The van der Waals surface area contributed by atoms with Gasteiger partial charge in [-0.3, -0.25) is 9.78 Å². The van der Waals surface area contributed by atoms with Crippen molar-refractivity contribution in [3.05, 3.63) is 48.1 Å². The van der Waals surface area contributed by atoms with Gasteiger partial charge >= 0.3 is 0 Å². The third kappa shape index (κ3) is 3.80. The van der Waals surface area contributed by atoms with Crippen molar-refractivity contribution in [2.45, 2.75) is 25.0 Å². The van der Waals surface area contributed by atoms with E-state index < -0.39 is 0 Å². The first-order valence-electron chi connectivity index (χ1n) is 8.00. The number of rotatable bonds is 7. The van der Waals surface area contributed by atoms with Crippen LogP contribution >= 0.6 is 0 Å². The van der Waals surface area contributed by atoms with Crippen molar-refractivity contribution < 1.29 is 18.8 Å². The Morgan fingerprint density at radius 1 is 1.38 bits per heavy atom. The average Bonchev–Trinajstić information content (AvgIpc) is 3.26. The van der Waals surface area contributed by atoms with E-state index in [0.29, 0.717) is 26.2 Å². The van der Waals surface area contributed by atoms with Gasteiger partial charge in [-0.05, 0) is 24.5 Å². The molecular formula is C17H21N3O4. The van der Waals surface area contributed by atoms with Crippen LogP contribution in [0.5, 0.6) is 0 Å². The van der Waals surface area contributed by atoms with Crippen LogP contribution in [0.2, 0.25) is 0 Å². The Bertz CT molecular complexity index is 633. The molecule has 2 atom stereocenters. The van der Waals surface area contributed by atoms with Gasteiger partial charge in [0.2, 0.25) is 5.76 Å². The number of carbonyl (C=O) groups is 1. The highest BCUT2D eigenvalue weighted by atomic mass is 16.5. The molecule has 0 aliphatic carbocycles. The first-order valence-corrected chi connectivity index (χ1v) is 8.00.